The Morgan fingerprint density at radius 3 is 2.76 bits per heavy atom. The molecule has 0 aliphatic carbocycles. The summed E-state index contributed by atoms with van der Waals surface area (Å²) in [4.78, 5) is 26.1. The number of amides is 2. The fraction of sp³-hybridized carbons (Fsp3) is 0.385. The monoisotopic (exact) mass is 324 g/mol. The molecule has 0 saturated carbocycles. The number of fused-ring (bicyclic) bond motifs is 3. The minimum absolute atomic E-state index is 0.0144. The van der Waals surface area contributed by atoms with Crippen LogP contribution in [0.25, 0.3) is 0 Å². The average molecular weight is 324 g/mol. The zero-order valence-corrected chi connectivity index (χ0v) is 12.7. The minimum atomic E-state index is -1.31. The van der Waals surface area contributed by atoms with Gasteiger partial charge >= 0.3 is 0 Å². The Hall–Kier alpha value is -1.38. The third kappa shape index (κ3) is 1.27. The van der Waals surface area contributed by atoms with E-state index in [4.69, 9.17) is 0 Å². The molecule has 2 atom stereocenters. The number of rotatable bonds is 1. The highest BCUT2D eigenvalue weighted by molar-refractivity contribution is 8.78. The average Bonchev–Trinajstić information content (AvgIpc) is 2.83. The fourth-order valence-electron chi connectivity index (χ4n) is 3.21. The highest BCUT2D eigenvalue weighted by Gasteiger charge is 2.71. The van der Waals surface area contributed by atoms with Crippen LogP contribution in [-0.2, 0) is 16.0 Å². The van der Waals surface area contributed by atoms with Gasteiger partial charge in [0.25, 0.3) is 11.8 Å². The maximum atomic E-state index is 12.9. The van der Waals surface area contributed by atoms with Gasteiger partial charge in [0, 0.05) is 13.5 Å². The van der Waals surface area contributed by atoms with Crippen LogP contribution in [0.3, 0.4) is 0 Å². The molecule has 1 unspecified atom stereocenters. The molecular weight excluding hydrogens is 312 g/mol. The molecule has 0 aromatic heterocycles. The zero-order valence-electron chi connectivity index (χ0n) is 11.1. The number of carbonyl (C=O) groups is 2. The lowest BCUT2D eigenvalue weighted by atomic mass is 10.0. The Bertz CT molecular complexity index is 697. The van der Waals surface area contributed by atoms with Crippen molar-refractivity contribution in [2.45, 2.75) is 16.2 Å². The summed E-state index contributed by atoms with van der Waals surface area (Å²) in [6.45, 7) is -0.457. The van der Waals surface area contributed by atoms with Crippen molar-refractivity contribution in [3.05, 3.63) is 23.8 Å². The first kappa shape index (κ1) is 13.3. The van der Waals surface area contributed by atoms with Gasteiger partial charge in [-0.15, -0.1) is 0 Å². The predicted octanol–water partition coefficient (Wildman–Crippen LogP) is 0.533. The van der Waals surface area contributed by atoms with Crippen molar-refractivity contribution in [3.63, 3.8) is 0 Å². The first-order chi connectivity index (χ1) is 9.98. The summed E-state index contributed by atoms with van der Waals surface area (Å²) in [7, 11) is 4.06. The van der Waals surface area contributed by atoms with Gasteiger partial charge in [-0.2, -0.15) is 0 Å². The summed E-state index contributed by atoms with van der Waals surface area (Å²) < 4.78 is 0. The Balaban J connectivity index is 1.99. The van der Waals surface area contributed by atoms with E-state index in [0.29, 0.717) is 12.1 Å². The van der Waals surface area contributed by atoms with Crippen LogP contribution in [0.5, 0.6) is 5.75 Å². The molecule has 21 heavy (non-hydrogen) atoms. The maximum Gasteiger partial charge on any atom is 0.268 e. The molecule has 0 radical (unpaired) electrons. The number of nitrogens with zero attached hydrogens (tertiary/aromatic N) is 2. The maximum absolute atomic E-state index is 12.9. The number of aliphatic hydroxyl groups is 1. The van der Waals surface area contributed by atoms with Crippen molar-refractivity contribution in [1.29, 1.82) is 0 Å². The van der Waals surface area contributed by atoms with Gasteiger partial charge in [-0.05, 0) is 22.4 Å². The Morgan fingerprint density at radius 1 is 1.29 bits per heavy atom. The van der Waals surface area contributed by atoms with Crippen LogP contribution >= 0.6 is 21.6 Å². The molecule has 1 aromatic carbocycles. The highest BCUT2D eigenvalue weighted by Crippen LogP contribution is 2.64. The number of phenolic OH excluding ortho intramolecular Hbond substituents is 1. The van der Waals surface area contributed by atoms with E-state index in [2.05, 4.69) is 0 Å². The van der Waals surface area contributed by atoms with E-state index in [0.717, 1.165) is 5.56 Å². The van der Waals surface area contributed by atoms with E-state index >= 15 is 0 Å². The van der Waals surface area contributed by atoms with Crippen LogP contribution in [-0.4, -0.2) is 50.3 Å². The highest BCUT2D eigenvalue weighted by atomic mass is 33.1. The molecule has 3 saturated heterocycles. The molecule has 110 valence electrons. The Kier molecular flexibility index (Phi) is 2.45. The number of anilines is 1. The van der Waals surface area contributed by atoms with E-state index in [1.165, 1.54) is 37.5 Å². The number of phenols is 1. The number of aromatic hydroxyl groups is 1. The third-order valence-corrected chi connectivity index (χ3v) is 7.98. The number of carbonyl (C=O) groups excluding carboxylic acids is 2. The molecule has 8 heteroatoms. The summed E-state index contributed by atoms with van der Waals surface area (Å²) in [5.41, 5.74) is 1.17. The number of hydrogen-bond donors (Lipinski definition) is 2. The number of benzene rings is 1. The molecule has 2 N–H and O–H groups in total. The molecule has 5 rings (SSSR count). The van der Waals surface area contributed by atoms with E-state index < -0.39 is 16.3 Å². The van der Waals surface area contributed by atoms with E-state index in [1.807, 2.05) is 6.07 Å². The third-order valence-electron chi connectivity index (χ3n) is 4.36. The van der Waals surface area contributed by atoms with Gasteiger partial charge in [0.2, 0.25) is 4.87 Å². The Morgan fingerprint density at radius 2 is 2.05 bits per heavy atom. The zero-order chi connectivity index (χ0) is 15.0. The molecule has 4 heterocycles. The van der Waals surface area contributed by atoms with Crippen molar-refractivity contribution >= 4 is 39.1 Å². The van der Waals surface area contributed by atoms with Crippen LogP contribution in [0.15, 0.2) is 18.2 Å². The largest absolute Gasteiger partial charge is 0.506 e. The summed E-state index contributed by atoms with van der Waals surface area (Å²) in [5.74, 6) is -0.578. The van der Waals surface area contributed by atoms with Crippen LogP contribution in [0.2, 0.25) is 0 Å². The molecule has 2 amide bonds. The quantitative estimate of drug-likeness (QED) is 0.734. The second kappa shape index (κ2) is 3.88. The lowest BCUT2D eigenvalue weighted by molar-refractivity contribution is -0.149. The van der Waals surface area contributed by atoms with Gasteiger partial charge in [0.1, 0.15) is 5.75 Å². The lowest BCUT2D eigenvalue weighted by Gasteiger charge is -2.57. The molecule has 4 aliphatic heterocycles. The first-order valence-corrected chi connectivity index (χ1v) is 8.54. The standard InChI is InChI=1S/C13H12N2O4S2/c1-14-10(18)12-5-7-3-2-4-8(17)9(7)15(12)11(19)13(14,6-16)21-20-12/h2-4,16-17H,5-6H2,1H3/t12?,13-/m1/s1. The summed E-state index contributed by atoms with van der Waals surface area (Å²) >= 11 is 0. The lowest BCUT2D eigenvalue weighted by Crippen LogP contribution is -2.77. The second-order valence-corrected chi connectivity index (χ2v) is 8.04. The number of likely N-dealkylation sites (N-methyl/N-ethyl adjacent to an activating group) is 1. The molecule has 1 spiro atoms. The van der Waals surface area contributed by atoms with Crippen LogP contribution in [0, 0.1) is 0 Å². The molecule has 4 aliphatic rings. The van der Waals surface area contributed by atoms with Gasteiger partial charge in [0.15, 0.2) is 4.87 Å². The van der Waals surface area contributed by atoms with Crippen LogP contribution in [0.1, 0.15) is 5.56 Å². The molecule has 2 bridgehead atoms. The topological polar surface area (TPSA) is 81.1 Å². The normalized spacial score (nSPS) is 33.4. The fourth-order valence-corrected chi connectivity index (χ4v) is 6.72. The van der Waals surface area contributed by atoms with E-state index in [1.54, 1.807) is 13.1 Å². The minimum Gasteiger partial charge on any atom is -0.506 e. The van der Waals surface area contributed by atoms with E-state index in [-0.39, 0.29) is 17.6 Å². The van der Waals surface area contributed by atoms with Gasteiger partial charge in [-0.1, -0.05) is 22.9 Å². The van der Waals surface area contributed by atoms with Gasteiger partial charge in [-0.25, -0.2) is 0 Å². The number of aliphatic hydroxyl groups excluding tert-OH is 1. The summed E-state index contributed by atoms with van der Waals surface area (Å²) in [6, 6.07) is 5.02. The van der Waals surface area contributed by atoms with Crippen LogP contribution in [0.4, 0.5) is 5.69 Å². The number of hydrogen-bond acceptors (Lipinski definition) is 6. The summed E-state index contributed by atoms with van der Waals surface area (Å²) in [6.07, 6.45) is 0.366. The Labute approximate surface area is 128 Å². The van der Waals surface area contributed by atoms with Crippen molar-refractivity contribution in [1.82, 2.24) is 4.90 Å². The van der Waals surface area contributed by atoms with Crippen molar-refractivity contribution in [2.24, 2.45) is 0 Å². The second-order valence-electron chi connectivity index (χ2n) is 5.36. The van der Waals surface area contributed by atoms with Crippen molar-refractivity contribution in [3.8, 4) is 5.75 Å². The van der Waals surface area contributed by atoms with Crippen molar-refractivity contribution in [2.75, 3.05) is 18.6 Å². The molecule has 6 nitrogen and oxygen atoms in total. The number of para-hydroxylation sites is 1. The van der Waals surface area contributed by atoms with E-state index in [9.17, 15) is 19.8 Å². The van der Waals surface area contributed by atoms with Gasteiger partial charge < -0.3 is 15.1 Å². The van der Waals surface area contributed by atoms with Crippen LogP contribution < -0.4 is 4.90 Å². The molecular formula is C13H12N2O4S2. The van der Waals surface area contributed by atoms with Gasteiger partial charge in [0.05, 0.1) is 12.3 Å². The number of piperazine rings is 1. The smallest absolute Gasteiger partial charge is 0.268 e. The van der Waals surface area contributed by atoms with Crippen molar-refractivity contribution < 1.29 is 19.8 Å². The summed E-state index contributed by atoms with van der Waals surface area (Å²) in [5, 5.41) is 19.8. The SMILES string of the molecule is CN1C(=O)C23Cc4cccc(O)c4N2C(=O)[C@@]1(CO)SS3. The molecule has 1 aromatic rings. The first-order valence-electron chi connectivity index (χ1n) is 6.39. The molecule has 3 fully saturated rings. The van der Waals surface area contributed by atoms with Gasteiger partial charge in [-0.3, -0.25) is 14.5 Å². The predicted molar refractivity (Wildman–Crippen MR) is 79.8 cm³/mol.